The van der Waals surface area contributed by atoms with Crippen molar-refractivity contribution in [2.75, 3.05) is 6.61 Å². The number of hydrogen-bond donors (Lipinski definition) is 0. The molecule has 3 nitrogen and oxygen atoms in total. The molecule has 0 aliphatic carbocycles. The van der Waals surface area contributed by atoms with E-state index >= 15 is 0 Å². The van der Waals surface area contributed by atoms with Crippen LogP contribution in [0.1, 0.15) is 58.8 Å². The summed E-state index contributed by atoms with van der Waals surface area (Å²) in [7, 11) is 0. The number of hydrogen-bond acceptors (Lipinski definition) is 3. The van der Waals surface area contributed by atoms with Crippen LogP contribution in [-0.4, -0.2) is 18.2 Å². The number of Topliss-reactive ketones (excluding diaryl/α,β-unsaturated/α-hetero) is 2. The van der Waals surface area contributed by atoms with Crippen LogP contribution in [0.4, 0.5) is 0 Å². The first-order chi connectivity index (χ1) is 11.1. The molecule has 0 amide bonds. The lowest BCUT2D eigenvalue weighted by atomic mass is 9.90. The smallest absolute Gasteiger partial charge is 0.143 e. The number of rotatable bonds is 12. The zero-order valence-electron chi connectivity index (χ0n) is 14.1. The van der Waals surface area contributed by atoms with Crippen LogP contribution in [0.15, 0.2) is 24.3 Å². The van der Waals surface area contributed by atoms with Crippen LogP contribution >= 0.6 is 11.6 Å². The summed E-state index contributed by atoms with van der Waals surface area (Å²) in [6, 6.07) is 7.35. The number of ether oxygens (including phenoxy) is 1. The Hall–Kier alpha value is -1.35. The molecule has 1 rings (SSSR count). The van der Waals surface area contributed by atoms with Crippen LogP contribution in [0.25, 0.3) is 0 Å². The van der Waals surface area contributed by atoms with E-state index in [-0.39, 0.29) is 17.5 Å². The molecule has 128 valence electrons. The molecular weight excluding hydrogens is 312 g/mol. The lowest BCUT2D eigenvalue weighted by Gasteiger charge is -2.12. The summed E-state index contributed by atoms with van der Waals surface area (Å²) in [6.07, 6.45) is 5.54. The molecule has 0 aliphatic rings. The molecule has 0 heterocycles. The highest BCUT2D eigenvalue weighted by atomic mass is 35.5. The number of carbonyl (C=O) groups is 2. The fourth-order valence-electron chi connectivity index (χ4n) is 2.52. The molecule has 1 aromatic rings. The number of halogens is 1. The molecule has 0 aromatic heterocycles. The lowest BCUT2D eigenvalue weighted by molar-refractivity contribution is -0.132. The largest absolute Gasteiger partial charge is 0.494 e. The van der Waals surface area contributed by atoms with Crippen LogP contribution in [0, 0.1) is 5.92 Å². The van der Waals surface area contributed by atoms with E-state index in [1.54, 1.807) is 0 Å². The van der Waals surface area contributed by atoms with E-state index < -0.39 is 0 Å². The third kappa shape index (κ3) is 7.65. The van der Waals surface area contributed by atoms with Crippen molar-refractivity contribution in [3.8, 4) is 5.75 Å². The molecule has 0 radical (unpaired) electrons. The van der Waals surface area contributed by atoms with E-state index in [1.807, 2.05) is 38.1 Å². The molecule has 0 saturated carbocycles. The molecule has 0 aliphatic heterocycles. The summed E-state index contributed by atoms with van der Waals surface area (Å²) in [4.78, 5) is 23.6. The van der Waals surface area contributed by atoms with Crippen molar-refractivity contribution >= 4 is 23.2 Å². The Balaban J connectivity index is 2.15. The van der Waals surface area contributed by atoms with Gasteiger partial charge < -0.3 is 4.74 Å². The van der Waals surface area contributed by atoms with Gasteiger partial charge in [-0.3, -0.25) is 9.59 Å². The zero-order chi connectivity index (χ0) is 17.1. The third-order valence-electron chi connectivity index (χ3n) is 3.94. The van der Waals surface area contributed by atoms with Crippen molar-refractivity contribution in [2.45, 2.75) is 58.8 Å². The van der Waals surface area contributed by atoms with Gasteiger partial charge in [-0.05, 0) is 37.1 Å². The molecule has 0 atom stereocenters. The van der Waals surface area contributed by atoms with E-state index in [2.05, 4.69) is 0 Å². The lowest BCUT2D eigenvalue weighted by Crippen LogP contribution is -2.22. The SMILES string of the molecule is CCC(=O)C(CCCCCCOc1ccc(Cl)cc1)C(=O)CC. The van der Waals surface area contributed by atoms with Gasteiger partial charge in [-0.2, -0.15) is 0 Å². The molecule has 1 aromatic carbocycles. The Bertz CT molecular complexity index is 466. The maximum atomic E-state index is 11.8. The van der Waals surface area contributed by atoms with Crippen molar-refractivity contribution in [3.63, 3.8) is 0 Å². The highest BCUT2D eigenvalue weighted by molar-refractivity contribution is 6.30. The molecule has 0 fully saturated rings. The van der Waals surface area contributed by atoms with Crippen LogP contribution in [0.2, 0.25) is 5.02 Å². The Morgan fingerprint density at radius 3 is 2.09 bits per heavy atom. The van der Waals surface area contributed by atoms with Gasteiger partial charge in [0.05, 0.1) is 12.5 Å². The van der Waals surface area contributed by atoms with Gasteiger partial charge in [0.1, 0.15) is 17.3 Å². The average molecular weight is 339 g/mol. The van der Waals surface area contributed by atoms with Gasteiger partial charge >= 0.3 is 0 Å². The number of carbonyl (C=O) groups excluding carboxylic acids is 2. The van der Waals surface area contributed by atoms with Gasteiger partial charge in [0.25, 0.3) is 0 Å². The van der Waals surface area contributed by atoms with Crippen LogP contribution in [0.3, 0.4) is 0 Å². The first kappa shape index (κ1) is 19.7. The fourth-order valence-corrected chi connectivity index (χ4v) is 2.65. The molecule has 0 spiro atoms. The zero-order valence-corrected chi connectivity index (χ0v) is 14.9. The minimum Gasteiger partial charge on any atom is -0.494 e. The monoisotopic (exact) mass is 338 g/mol. The van der Waals surface area contributed by atoms with Crippen LogP contribution < -0.4 is 4.74 Å². The van der Waals surface area contributed by atoms with Gasteiger partial charge in [-0.1, -0.05) is 44.7 Å². The number of ketones is 2. The first-order valence-corrected chi connectivity index (χ1v) is 8.90. The first-order valence-electron chi connectivity index (χ1n) is 8.52. The van der Waals surface area contributed by atoms with Gasteiger partial charge in [0.15, 0.2) is 0 Å². The molecule has 4 heteroatoms. The standard InChI is InChI=1S/C19H27ClO3/c1-3-18(21)17(19(22)4-2)9-7-5-6-8-14-23-16-12-10-15(20)11-13-16/h10-13,17H,3-9,14H2,1-2H3. The van der Waals surface area contributed by atoms with E-state index in [1.165, 1.54) is 0 Å². The quantitative estimate of drug-likeness (QED) is 0.386. The van der Waals surface area contributed by atoms with Gasteiger partial charge in [0, 0.05) is 17.9 Å². The van der Waals surface area contributed by atoms with Crippen molar-refractivity contribution in [1.82, 2.24) is 0 Å². The van der Waals surface area contributed by atoms with Crippen molar-refractivity contribution < 1.29 is 14.3 Å². The van der Waals surface area contributed by atoms with Crippen LogP contribution in [-0.2, 0) is 9.59 Å². The topological polar surface area (TPSA) is 43.4 Å². The second-order valence-electron chi connectivity index (χ2n) is 5.70. The Morgan fingerprint density at radius 1 is 0.957 bits per heavy atom. The van der Waals surface area contributed by atoms with Crippen molar-refractivity contribution in [2.24, 2.45) is 5.92 Å². The summed E-state index contributed by atoms with van der Waals surface area (Å²) in [5.41, 5.74) is 0. The maximum Gasteiger partial charge on any atom is 0.143 e. The Labute approximate surface area is 144 Å². The Morgan fingerprint density at radius 2 is 1.52 bits per heavy atom. The third-order valence-corrected chi connectivity index (χ3v) is 4.20. The van der Waals surface area contributed by atoms with Gasteiger partial charge in [0.2, 0.25) is 0 Å². The minimum absolute atomic E-state index is 0.0860. The second-order valence-corrected chi connectivity index (χ2v) is 6.13. The van der Waals surface area contributed by atoms with Crippen molar-refractivity contribution in [3.05, 3.63) is 29.3 Å². The predicted molar refractivity (Wildman–Crippen MR) is 94.1 cm³/mol. The minimum atomic E-state index is -0.379. The molecule has 0 unspecified atom stereocenters. The predicted octanol–water partition coefficient (Wildman–Crippen LogP) is 5.24. The summed E-state index contributed by atoms with van der Waals surface area (Å²) >= 11 is 5.82. The number of benzene rings is 1. The summed E-state index contributed by atoms with van der Waals surface area (Å²) in [5, 5.41) is 0.704. The van der Waals surface area contributed by atoms with E-state index in [4.69, 9.17) is 16.3 Å². The van der Waals surface area contributed by atoms with E-state index in [9.17, 15) is 9.59 Å². The molecule has 0 N–H and O–H groups in total. The second kappa shape index (κ2) is 11.2. The summed E-state index contributed by atoms with van der Waals surface area (Å²) in [6.45, 7) is 4.32. The normalized spacial score (nSPS) is 10.8. The van der Waals surface area contributed by atoms with E-state index in [0.29, 0.717) is 30.9 Å². The number of unbranched alkanes of at least 4 members (excludes halogenated alkanes) is 3. The van der Waals surface area contributed by atoms with Gasteiger partial charge in [-0.25, -0.2) is 0 Å². The molecule has 0 bridgehead atoms. The highest BCUT2D eigenvalue weighted by Gasteiger charge is 2.22. The summed E-state index contributed by atoms with van der Waals surface area (Å²) < 4.78 is 5.63. The molecule has 0 saturated heterocycles. The summed E-state index contributed by atoms with van der Waals surface area (Å²) in [5.74, 6) is 0.623. The fraction of sp³-hybridized carbons (Fsp3) is 0.579. The molecule has 23 heavy (non-hydrogen) atoms. The van der Waals surface area contributed by atoms with E-state index in [0.717, 1.165) is 31.4 Å². The van der Waals surface area contributed by atoms with Crippen molar-refractivity contribution in [1.29, 1.82) is 0 Å². The average Bonchev–Trinajstić information content (AvgIpc) is 2.57. The molecular formula is C19H27ClO3. The maximum absolute atomic E-state index is 11.8. The Kier molecular flexibility index (Phi) is 9.61. The van der Waals surface area contributed by atoms with Crippen LogP contribution in [0.5, 0.6) is 5.75 Å². The van der Waals surface area contributed by atoms with Gasteiger partial charge in [-0.15, -0.1) is 0 Å². The highest BCUT2D eigenvalue weighted by Crippen LogP contribution is 2.18.